The van der Waals surface area contributed by atoms with Crippen molar-refractivity contribution in [3.63, 3.8) is 0 Å². The van der Waals surface area contributed by atoms with Crippen molar-refractivity contribution in [2.45, 2.75) is 51.6 Å². The lowest BCUT2D eigenvalue weighted by Crippen LogP contribution is -2.46. The molecule has 1 aromatic carbocycles. The van der Waals surface area contributed by atoms with Crippen molar-refractivity contribution in [2.75, 3.05) is 13.2 Å². The van der Waals surface area contributed by atoms with E-state index in [1.807, 2.05) is 6.92 Å². The molecule has 1 aliphatic carbocycles. The normalized spacial score (nSPS) is 24.6. The topological polar surface area (TPSA) is 21.3 Å². The molecule has 0 saturated heterocycles. The third-order valence-corrected chi connectivity index (χ3v) is 3.74. The Kier molecular flexibility index (Phi) is 4.79. The molecule has 2 nitrogen and oxygen atoms in total. The summed E-state index contributed by atoms with van der Waals surface area (Å²) in [6.07, 6.45) is 2.53. The first-order valence-corrected chi connectivity index (χ1v) is 7.09. The van der Waals surface area contributed by atoms with E-state index in [2.05, 4.69) is 43.4 Å². The van der Waals surface area contributed by atoms with Gasteiger partial charge in [-0.1, -0.05) is 29.8 Å². The van der Waals surface area contributed by atoms with Gasteiger partial charge in [-0.3, -0.25) is 0 Å². The SMILES string of the molecule is CCOCC(C)NC1CC(c2cccc(C)c2)C1. The Labute approximate surface area is 111 Å². The average Bonchev–Trinajstić information content (AvgIpc) is 2.30. The van der Waals surface area contributed by atoms with Gasteiger partial charge < -0.3 is 10.1 Å². The molecule has 18 heavy (non-hydrogen) atoms. The van der Waals surface area contributed by atoms with Crippen LogP contribution in [0, 0.1) is 6.92 Å². The monoisotopic (exact) mass is 247 g/mol. The molecule has 0 radical (unpaired) electrons. The minimum Gasteiger partial charge on any atom is -0.380 e. The van der Waals surface area contributed by atoms with E-state index in [0.29, 0.717) is 12.1 Å². The highest BCUT2D eigenvalue weighted by molar-refractivity contribution is 5.27. The largest absolute Gasteiger partial charge is 0.380 e. The number of aryl methyl sites for hydroxylation is 1. The van der Waals surface area contributed by atoms with Crippen LogP contribution in [0.4, 0.5) is 0 Å². The first-order valence-electron chi connectivity index (χ1n) is 7.09. The van der Waals surface area contributed by atoms with Gasteiger partial charge in [0.25, 0.3) is 0 Å². The number of benzene rings is 1. The minimum absolute atomic E-state index is 0.466. The van der Waals surface area contributed by atoms with Crippen molar-refractivity contribution < 1.29 is 4.74 Å². The zero-order valence-corrected chi connectivity index (χ0v) is 11.8. The molecule has 0 heterocycles. The molecule has 2 rings (SSSR count). The fraction of sp³-hybridized carbons (Fsp3) is 0.625. The second-order valence-electron chi connectivity index (χ2n) is 5.51. The maximum absolute atomic E-state index is 5.43. The van der Waals surface area contributed by atoms with E-state index in [9.17, 15) is 0 Å². The fourth-order valence-corrected chi connectivity index (χ4v) is 2.70. The molecular weight excluding hydrogens is 222 g/mol. The van der Waals surface area contributed by atoms with Crippen molar-refractivity contribution in [3.8, 4) is 0 Å². The van der Waals surface area contributed by atoms with Crippen LogP contribution in [0.3, 0.4) is 0 Å². The van der Waals surface area contributed by atoms with Gasteiger partial charge >= 0.3 is 0 Å². The second-order valence-corrected chi connectivity index (χ2v) is 5.51. The summed E-state index contributed by atoms with van der Waals surface area (Å²) < 4.78 is 5.43. The van der Waals surface area contributed by atoms with Crippen LogP contribution in [0.25, 0.3) is 0 Å². The van der Waals surface area contributed by atoms with Gasteiger partial charge in [0.15, 0.2) is 0 Å². The Balaban J connectivity index is 1.73. The van der Waals surface area contributed by atoms with Gasteiger partial charge in [0.1, 0.15) is 0 Å². The molecule has 0 bridgehead atoms. The molecule has 1 N–H and O–H groups in total. The van der Waals surface area contributed by atoms with E-state index < -0.39 is 0 Å². The summed E-state index contributed by atoms with van der Waals surface area (Å²) in [5.74, 6) is 0.752. The van der Waals surface area contributed by atoms with Crippen molar-refractivity contribution in [2.24, 2.45) is 0 Å². The highest BCUT2D eigenvalue weighted by Crippen LogP contribution is 2.37. The van der Waals surface area contributed by atoms with Crippen LogP contribution < -0.4 is 5.32 Å². The molecule has 0 aromatic heterocycles. The molecule has 1 atom stereocenters. The molecule has 2 heteroatoms. The van der Waals surface area contributed by atoms with E-state index in [4.69, 9.17) is 4.74 Å². The van der Waals surface area contributed by atoms with Crippen LogP contribution in [0.15, 0.2) is 24.3 Å². The predicted octanol–water partition coefficient (Wildman–Crippen LogP) is 3.26. The highest BCUT2D eigenvalue weighted by atomic mass is 16.5. The lowest BCUT2D eigenvalue weighted by atomic mass is 9.75. The predicted molar refractivity (Wildman–Crippen MR) is 76.0 cm³/mol. The van der Waals surface area contributed by atoms with Gasteiger partial charge in [-0.15, -0.1) is 0 Å². The molecule has 1 fully saturated rings. The third kappa shape index (κ3) is 3.56. The second kappa shape index (κ2) is 6.35. The summed E-state index contributed by atoms with van der Waals surface area (Å²) in [4.78, 5) is 0. The van der Waals surface area contributed by atoms with Gasteiger partial charge in [0.2, 0.25) is 0 Å². The van der Waals surface area contributed by atoms with Crippen molar-refractivity contribution in [3.05, 3.63) is 35.4 Å². The van der Waals surface area contributed by atoms with Gasteiger partial charge in [0.05, 0.1) is 6.61 Å². The van der Waals surface area contributed by atoms with Crippen LogP contribution in [-0.4, -0.2) is 25.3 Å². The van der Waals surface area contributed by atoms with E-state index in [1.54, 1.807) is 0 Å². The average molecular weight is 247 g/mol. The molecule has 0 spiro atoms. The molecule has 0 amide bonds. The fourth-order valence-electron chi connectivity index (χ4n) is 2.70. The van der Waals surface area contributed by atoms with E-state index in [0.717, 1.165) is 19.1 Å². The van der Waals surface area contributed by atoms with Crippen LogP contribution in [0.2, 0.25) is 0 Å². The molecule has 1 aromatic rings. The van der Waals surface area contributed by atoms with Gasteiger partial charge in [-0.25, -0.2) is 0 Å². The number of hydrogen-bond acceptors (Lipinski definition) is 2. The molecule has 100 valence electrons. The highest BCUT2D eigenvalue weighted by Gasteiger charge is 2.30. The number of rotatable bonds is 6. The molecule has 1 saturated carbocycles. The standard InChI is InChI=1S/C16H25NO/c1-4-18-11-13(3)17-16-9-15(10-16)14-7-5-6-12(2)8-14/h5-8,13,15-17H,4,9-11H2,1-3H3. The Morgan fingerprint density at radius 3 is 2.83 bits per heavy atom. The quantitative estimate of drug-likeness (QED) is 0.833. The molecule has 1 unspecified atom stereocenters. The van der Waals surface area contributed by atoms with Crippen molar-refractivity contribution in [1.29, 1.82) is 0 Å². The first kappa shape index (κ1) is 13.6. The van der Waals surface area contributed by atoms with Crippen molar-refractivity contribution >= 4 is 0 Å². The van der Waals surface area contributed by atoms with Crippen molar-refractivity contribution in [1.82, 2.24) is 5.32 Å². The smallest absolute Gasteiger partial charge is 0.0616 e. The maximum Gasteiger partial charge on any atom is 0.0616 e. The summed E-state index contributed by atoms with van der Waals surface area (Å²) in [5.41, 5.74) is 2.87. The Bertz CT molecular complexity index is 371. The van der Waals surface area contributed by atoms with E-state index in [-0.39, 0.29) is 0 Å². The van der Waals surface area contributed by atoms with Gasteiger partial charge in [-0.05, 0) is 45.1 Å². The minimum atomic E-state index is 0.466. The maximum atomic E-state index is 5.43. The zero-order chi connectivity index (χ0) is 13.0. The summed E-state index contributed by atoms with van der Waals surface area (Å²) in [5, 5.41) is 3.64. The lowest BCUT2D eigenvalue weighted by molar-refractivity contribution is 0.115. The van der Waals surface area contributed by atoms with E-state index >= 15 is 0 Å². The van der Waals surface area contributed by atoms with E-state index in [1.165, 1.54) is 24.0 Å². The van der Waals surface area contributed by atoms with Crippen LogP contribution in [0.5, 0.6) is 0 Å². The number of nitrogens with one attached hydrogen (secondary N) is 1. The van der Waals surface area contributed by atoms with Gasteiger partial charge in [0, 0.05) is 18.7 Å². The zero-order valence-electron chi connectivity index (χ0n) is 11.8. The first-order chi connectivity index (χ1) is 8.69. The molecule has 1 aliphatic rings. The van der Waals surface area contributed by atoms with Crippen LogP contribution in [-0.2, 0) is 4.74 Å². The summed E-state index contributed by atoms with van der Waals surface area (Å²) in [7, 11) is 0. The number of ether oxygens (including phenoxy) is 1. The summed E-state index contributed by atoms with van der Waals surface area (Å²) in [6, 6.07) is 10.1. The molecular formula is C16H25NO. The van der Waals surface area contributed by atoms with Gasteiger partial charge in [-0.2, -0.15) is 0 Å². The number of hydrogen-bond donors (Lipinski definition) is 1. The summed E-state index contributed by atoms with van der Waals surface area (Å²) in [6.45, 7) is 8.05. The Hall–Kier alpha value is -0.860. The molecule has 0 aliphatic heterocycles. The van der Waals surface area contributed by atoms with Crippen LogP contribution in [0.1, 0.15) is 43.7 Å². The Morgan fingerprint density at radius 1 is 1.39 bits per heavy atom. The summed E-state index contributed by atoms with van der Waals surface area (Å²) >= 11 is 0. The lowest BCUT2D eigenvalue weighted by Gasteiger charge is -2.38. The van der Waals surface area contributed by atoms with Crippen LogP contribution >= 0.6 is 0 Å². The third-order valence-electron chi connectivity index (χ3n) is 3.74. The Morgan fingerprint density at radius 2 is 2.17 bits per heavy atom.